The van der Waals surface area contributed by atoms with Gasteiger partial charge in [0.1, 0.15) is 11.9 Å². The highest BCUT2D eigenvalue weighted by Crippen LogP contribution is 2.32. The fraction of sp³-hybridized carbons (Fsp3) is 0.357. The Morgan fingerprint density at radius 3 is 2.58 bits per heavy atom. The number of hydrogen-bond acceptors (Lipinski definition) is 4. The molecule has 2 aromatic rings. The lowest BCUT2D eigenvalue weighted by molar-refractivity contribution is -0.130. The summed E-state index contributed by atoms with van der Waals surface area (Å²) in [7, 11) is 0. The van der Waals surface area contributed by atoms with E-state index in [1.165, 1.54) is 0 Å². The van der Waals surface area contributed by atoms with Gasteiger partial charge in [0.2, 0.25) is 0 Å². The molecule has 5 nitrogen and oxygen atoms in total. The largest absolute Gasteiger partial charge is 0.472 e. The first kappa shape index (κ1) is 24.3. The SMILES string of the molecule is O=C(O)C#CCCCC[C@H]1C(=O)C[C@@H](O)[C@@H]1C#C[C@@H](O)Cc1cccc(-c2ccccc2)c1. The molecule has 0 unspecified atom stereocenters. The summed E-state index contributed by atoms with van der Waals surface area (Å²) < 4.78 is 0. The number of carbonyl (C=O) groups is 2. The minimum absolute atomic E-state index is 0.0107. The maximum absolute atomic E-state index is 12.3. The zero-order chi connectivity index (χ0) is 23.6. The van der Waals surface area contributed by atoms with Crippen LogP contribution in [0.1, 0.15) is 37.7 Å². The van der Waals surface area contributed by atoms with Crippen LogP contribution in [0, 0.1) is 35.5 Å². The number of hydrogen-bond donors (Lipinski definition) is 3. The number of unbranched alkanes of at least 4 members (excludes halogenated alkanes) is 2. The zero-order valence-electron chi connectivity index (χ0n) is 18.4. The number of aliphatic carboxylic acids is 1. The molecule has 0 radical (unpaired) electrons. The van der Waals surface area contributed by atoms with E-state index in [0.717, 1.165) is 16.7 Å². The van der Waals surface area contributed by atoms with Crippen LogP contribution in [0.25, 0.3) is 11.1 Å². The molecule has 5 heteroatoms. The minimum atomic E-state index is -1.15. The summed E-state index contributed by atoms with van der Waals surface area (Å²) in [5, 5.41) is 29.3. The summed E-state index contributed by atoms with van der Waals surface area (Å²) in [5.74, 6) is 8.44. The number of Topliss-reactive ketones (excluding diaryl/α,β-unsaturated/α-hetero) is 1. The summed E-state index contributed by atoms with van der Waals surface area (Å²) >= 11 is 0. The highest BCUT2D eigenvalue weighted by molar-refractivity contribution is 5.86. The second-order valence-corrected chi connectivity index (χ2v) is 8.30. The van der Waals surface area contributed by atoms with Gasteiger partial charge in [0.05, 0.1) is 12.0 Å². The molecule has 2 aromatic carbocycles. The Balaban J connectivity index is 1.58. The summed E-state index contributed by atoms with van der Waals surface area (Å²) in [6, 6.07) is 18.0. The Morgan fingerprint density at radius 2 is 1.82 bits per heavy atom. The van der Waals surface area contributed by atoms with Crippen LogP contribution in [0.15, 0.2) is 54.6 Å². The molecule has 1 saturated carbocycles. The lowest BCUT2D eigenvalue weighted by atomic mass is 9.89. The highest BCUT2D eigenvalue weighted by atomic mass is 16.4. The fourth-order valence-corrected chi connectivity index (χ4v) is 4.18. The van der Waals surface area contributed by atoms with Crippen molar-refractivity contribution >= 4 is 11.8 Å². The van der Waals surface area contributed by atoms with Gasteiger partial charge < -0.3 is 15.3 Å². The van der Waals surface area contributed by atoms with E-state index in [9.17, 15) is 19.8 Å². The van der Waals surface area contributed by atoms with Gasteiger partial charge in [0.15, 0.2) is 0 Å². The van der Waals surface area contributed by atoms with Crippen LogP contribution in [0.4, 0.5) is 0 Å². The number of carbonyl (C=O) groups excluding carboxylic acids is 1. The molecule has 3 rings (SSSR count). The van der Waals surface area contributed by atoms with Crippen molar-refractivity contribution in [2.75, 3.05) is 0 Å². The average molecular weight is 445 g/mol. The van der Waals surface area contributed by atoms with Gasteiger partial charge in [-0.25, -0.2) is 4.79 Å². The quantitative estimate of drug-likeness (QED) is 0.449. The predicted octanol–water partition coefficient (Wildman–Crippen LogP) is 3.47. The molecule has 0 aromatic heterocycles. The third-order valence-corrected chi connectivity index (χ3v) is 5.81. The van der Waals surface area contributed by atoms with Gasteiger partial charge >= 0.3 is 5.97 Å². The second kappa shape index (κ2) is 12.0. The molecule has 170 valence electrons. The molecule has 0 bridgehead atoms. The van der Waals surface area contributed by atoms with E-state index in [4.69, 9.17) is 5.11 Å². The molecule has 1 aliphatic rings. The van der Waals surface area contributed by atoms with Gasteiger partial charge in [-0.15, -0.1) is 0 Å². The molecule has 0 aliphatic heterocycles. The number of carboxylic acid groups (broad SMARTS) is 1. The Hall–Kier alpha value is -3.38. The number of carboxylic acids is 1. The minimum Gasteiger partial charge on any atom is -0.472 e. The van der Waals surface area contributed by atoms with Crippen LogP contribution in [-0.4, -0.2) is 39.3 Å². The second-order valence-electron chi connectivity index (χ2n) is 8.30. The molecular weight excluding hydrogens is 416 g/mol. The van der Waals surface area contributed by atoms with Crippen molar-refractivity contribution in [3.8, 4) is 34.8 Å². The molecule has 1 aliphatic carbocycles. The average Bonchev–Trinajstić information content (AvgIpc) is 3.07. The van der Waals surface area contributed by atoms with Gasteiger partial charge in [-0.3, -0.25) is 4.79 Å². The summed E-state index contributed by atoms with van der Waals surface area (Å²) in [6.07, 6.45) is 1.12. The molecule has 33 heavy (non-hydrogen) atoms. The highest BCUT2D eigenvalue weighted by Gasteiger charge is 2.40. The summed E-state index contributed by atoms with van der Waals surface area (Å²) in [6.45, 7) is 0. The van der Waals surface area contributed by atoms with Gasteiger partial charge in [0.25, 0.3) is 0 Å². The van der Waals surface area contributed by atoms with Gasteiger partial charge in [-0.1, -0.05) is 78.8 Å². The van der Waals surface area contributed by atoms with Crippen LogP contribution >= 0.6 is 0 Å². The van der Waals surface area contributed by atoms with Gasteiger partial charge in [0, 0.05) is 31.1 Å². The number of aliphatic hydroxyl groups is 2. The Labute approximate surface area is 194 Å². The Bertz CT molecular complexity index is 1080. The first-order valence-corrected chi connectivity index (χ1v) is 11.2. The fourth-order valence-electron chi connectivity index (χ4n) is 4.18. The normalized spacial score (nSPS) is 20.3. The van der Waals surface area contributed by atoms with Crippen molar-refractivity contribution in [3.63, 3.8) is 0 Å². The van der Waals surface area contributed by atoms with Crippen LogP contribution in [0.5, 0.6) is 0 Å². The van der Waals surface area contributed by atoms with E-state index in [-0.39, 0.29) is 18.1 Å². The van der Waals surface area contributed by atoms with E-state index in [2.05, 4.69) is 23.7 Å². The van der Waals surface area contributed by atoms with E-state index < -0.39 is 24.1 Å². The predicted molar refractivity (Wildman–Crippen MR) is 126 cm³/mol. The maximum Gasteiger partial charge on any atom is 0.381 e. The molecule has 3 N–H and O–H groups in total. The third kappa shape index (κ3) is 7.32. The van der Waals surface area contributed by atoms with Crippen molar-refractivity contribution in [1.29, 1.82) is 0 Å². The number of benzene rings is 2. The molecule has 4 atom stereocenters. The van der Waals surface area contributed by atoms with Crippen molar-refractivity contribution in [2.45, 2.75) is 50.7 Å². The van der Waals surface area contributed by atoms with Crippen LogP contribution in [0.2, 0.25) is 0 Å². The third-order valence-electron chi connectivity index (χ3n) is 5.81. The standard InChI is InChI=1S/C28H28O5/c29-23(18-20-9-8-12-22(17-20)21-10-4-3-5-11-21)15-16-25-24(26(30)19-27(25)31)13-6-1-2-7-14-28(32)33/h3-5,8-12,17,23-25,27,29,31H,1-2,6,13,18-19H2,(H,32,33)/t23-,24-,25-,27-/m1/s1. The maximum atomic E-state index is 12.3. The van der Waals surface area contributed by atoms with E-state index >= 15 is 0 Å². The van der Waals surface area contributed by atoms with Crippen LogP contribution in [-0.2, 0) is 16.0 Å². The van der Waals surface area contributed by atoms with Crippen molar-refractivity contribution in [2.24, 2.45) is 11.8 Å². The lowest BCUT2D eigenvalue weighted by Crippen LogP contribution is -2.20. The van der Waals surface area contributed by atoms with Crippen molar-refractivity contribution in [1.82, 2.24) is 0 Å². The molecule has 1 fully saturated rings. The molecule has 0 spiro atoms. The molecular formula is C28H28O5. The van der Waals surface area contributed by atoms with Crippen LogP contribution in [0.3, 0.4) is 0 Å². The monoisotopic (exact) mass is 444 g/mol. The zero-order valence-corrected chi connectivity index (χ0v) is 18.4. The molecule has 0 saturated heterocycles. The van der Waals surface area contributed by atoms with Gasteiger partial charge in [-0.2, -0.15) is 0 Å². The smallest absolute Gasteiger partial charge is 0.381 e. The number of ketones is 1. The summed E-state index contributed by atoms with van der Waals surface area (Å²) in [5.41, 5.74) is 3.13. The first-order valence-electron chi connectivity index (χ1n) is 11.2. The van der Waals surface area contributed by atoms with Crippen molar-refractivity contribution in [3.05, 3.63) is 60.2 Å². The first-order chi connectivity index (χ1) is 15.9. The summed E-state index contributed by atoms with van der Waals surface area (Å²) in [4.78, 5) is 22.7. The Kier molecular flexibility index (Phi) is 8.84. The van der Waals surface area contributed by atoms with Crippen molar-refractivity contribution < 1.29 is 24.9 Å². The molecule has 0 heterocycles. The number of aliphatic hydroxyl groups excluding tert-OH is 2. The lowest BCUT2D eigenvalue weighted by Gasteiger charge is -2.15. The molecule has 0 amide bonds. The van der Waals surface area contributed by atoms with Crippen LogP contribution < -0.4 is 0 Å². The van der Waals surface area contributed by atoms with E-state index in [0.29, 0.717) is 32.1 Å². The number of rotatable bonds is 7. The van der Waals surface area contributed by atoms with E-state index in [1.54, 1.807) is 0 Å². The van der Waals surface area contributed by atoms with E-state index in [1.807, 2.05) is 54.6 Å². The topological polar surface area (TPSA) is 94.8 Å². The Morgan fingerprint density at radius 1 is 1.06 bits per heavy atom. The van der Waals surface area contributed by atoms with Gasteiger partial charge in [-0.05, 0) is 29.5 Å².